The summed E-state index contributed by atoms with van der Waals surface area (Å²) in [6, 6.07) is 5.21. The van der Waals surface area contributed by atoms with Crippen molar-refractivity contribution in [1.29, 1.82) is 0 Å². The molecule has 5 nitrogen and oxygen atoms in total. The van der Waals surface area contributed by atoms with Crippen molar-refractivity contribution in [3.63, 3.8) is 0 Å². The molecule has 1 rings (SSSR count). The minimum Gasteiger partial charge on any atom is -0.409 e. The Morgan fingerprint density at radius 1 is 1.47 bits per heavy atom. The summed E-state index contributed by atoms with van der Waals surface area (Å²) in [5.41, 5.74) is 6.82. The molecule has 0 spiro atoms. The predicted octanol–water partition coefficient (Wildman–Crippen LogP) is 2.29. The molecule has 0 atom stereocenters. The third-order valence-electron chi connectivity index (χ3n) is 2.71. The molecule has 19 heavy (non-hydrogen) atoms. The fourth-order valence-electron chi connectivity index (χ4n) is 1.52. The van der Waals surface area contributed by atoms with Crippen LogP contribution in [0.1, 0.15) is 35.2 Å². The molecule has 0 bridgehead atoms. The lowest BCUT2D eigenvalue weighted by atomic mass is 10.1. The number of nitrogens with two attached hydrogens (primary N) is 1. The number of benzene rings is 1. The molecule has 104 valence electrons. The summed E-state index contributed by atoms with van der Waals surface area (Å²) >= 11 is 5.96. The van der Waals surface area contributed by atoms with E-state index in [1.807, 2.05) is 13.0 Å². The third-order valence-corrected chi connectivity index (χ3v) is 3.11. The first-order valence-electron chi connectivity index (χ1n) is 6.05. The molecule has 0 fully saturated rings. The number of hydrogen-bond donors (Lipinski definition) is 3. The molecule has 1 amide bonds. The summed E-state index contributed by atoms with van der Waals surface area (Å²) in [5, 5.41) is 14.6. The molecule has 0 heterocycles. The highest BCUT2D eigenvalue weighted by atomic mass is 35.5. The van der Waals surface area contributed by atoms with Gasteiger partial charge in [-0.3, -0.25) is 4.79 Å². The van der Waals surface area contributed by atoms with Gasteiger partial charge in [-0.15, -0.1) is 0 Å². The van der Waals surface area contributed by atoms with Crippen LogP contribution in [-0.4, -0.2) is 23.5 Å². The summed E-state index contributed by atoms with van der Waals surface area (Å²) in [7, 11) is 0. The van der Waals surface area contributed by atoms with Crippen molar-refractivity contribution in [2.75, 3.05) is 6.54 Å². The Morgan fingerprint density at radius 3 is 2.84 bits per heavy atom. The van der Waals surface area contributed by atoms with E-state index in [1.165, 1.54) is 0 Å². The summed E-state index contributed by atoms with van der Waals surface area (Å²) in [5.74, 6) is 0.0577. The first-order valence-corrected chi connectivity index (χ1v) is 6.43. The first-order chi connectivity index (χ1) is 9.04. The van der Waals surface area contributed by atoms with Crippen LogP contribution in [0.25, 0.3) is 0 Å². The highest BCUT2D eigenvalue weighted by Gasteiger charge is 2.06. The van der Waals surface area contributed by atoms with E-state index in [1.54, 1.807) is 12.1 Å². The monoisotopic (exact) mass is 283 g/mol. The van der Waals surface area contributed by atoms with Crippen LogP contribution in [0.5, 0.6) is 0 Å². The number of hydrogen-bond acceptors (Lipinski definition) is 3. The van der Waals surface area contributed by atoms with Gasteiger partial charge in [-0.1, -0.05) is 22.8 Å². The Morgan fingerprint density at radius 2 is 2.21 bits per heavy atom. The van der Waals surface area contributed by atoms with Crippen LogP contribution in [0.2, 0.25) is 5.02 Å². The van der Waals surface area contributed by atoms with E-state index in [2.05, 4.69) is 10.5 Å². The molecule has 1 aromatic carbocycles. The molecule has 0 aliphatic carbocycles. The Labute approximate surface area is 117 Å². The van der Waals surface area contributed by atoms with Crippen molar-refractivity contribution in [3.05, 3.63) is 34.3 Å². The number of carbonyl (C=O) groups is 1. The van der Waals surface area contributed by atoms with E-state index >= 15 is 0 Å². The Balaban J connectivity index is 2.33. The van der Waals surface area contributed by atoms with Gasteiger partial charge in [0.1, 0.15) is 5.84 Å². The Kier molecular flexibility index (Phi) is 6.15. The van der Waals surface area contributed by atoms with E-state index in [0.29, 0.717) is 23.6 Å². The first kappa shape index (κ1) is 15.3. The van der Waals surface area contributed by atoms with Gasteiger partial charge in [-0.2, -0.15) is 0 Å². The summed E-state index contributed by atoms with van der Waals surface area (Å²) in [4.78, 5) is 11.8. The summed E-state index contributed by atoms with van der Waals surface area (Å²) in [6.07, 6.45) is 2.04. The van der Waals surface area contributed by atoms with Crippen LogP contribution in [0.4, 0.5) is 0 Å². The van der Waals surface area contributed by atoms with Gasteiger partial charge in [-0.05, 0) is 37.5 Å². The second kappa shape index (κ2) is 7.63. The molecular formula is C13H18ClN3O2. The maximum absolute atomic E-state index is 11.8. The van der Waals surface area contributed by atoms with Crippen molar-refractivity contribution in [2.24, 2.45) is 10.9 Å². The number of amidine groups is 1. The number of halogens is 1. The number of unbranched alkanes of at least 4 members (excludes halogenated alkanes) is 1. The van der Waals surface area contributed by atoms with Crippen molar-refractivity contribution < 1.29 is 10.0 Å². The highest BCUT2D eigenvalue weighted by molar-refractivity contribution is 6.31. The maximum atomic E-state index is 11.8. The highest BCUT2D eigenvalue weighted by Crippen LogP contribution is 2.16. The fourth-order valence-corrected chi connectivity index (χ4v) is 1.70. The Hall–Kier alpha value is -1.75. The molecular weight excluding hydrogens is 266 g/mol. The van der Waals surface area contributed by atoms with Gasteiger partial charge in [0.2, 0.25) is 0 Å². The van der Waals surface area contributed by atoms with E-state index in [0.717, 1.165) is 18.4 Å². The van der Waals surface area contributed by atoms with Gasteiger partial charge in [0.25, 0.3) is 5.91 Å². The number of carbonyl (C=O) groups excluding carboxylic acids is 1. The van der Waals surface area contributed by atoms with Crippen molar-refractivity contribution >= 4 is 23.3 Å². The lowest BCUT2D eigenvalue weighted by molar-refractivity contribution is 0.0953. The molecule has 0 aliphatic heterocycles. The molecule has 0 unspecified atom stereocenters. The van der Waals surface area contributed by atoms with Gasteiger partial charge in [0.05, 0.1) is 0 Å². The quantitative estimate of drug-likeness (QED) is 0.246. The zero-order valence-corrected chi connectivity index (χ0v) is 11.6. The number of amides is 1. The lowest BCUT2D eigenvalue weighted by Gasteiger charge is -2.06. The lowest BCUT2D eigenvalue weighted by Crippen LogP contribution is -2.24. The second-order valence-electron chi connectivity index (χ2n) is 4.27. The number of aryl methyl sites for hydroxylation is 1. The minimum absolute atomic E-state index is 0.148. The smallest absolute Gasteiger partial charge is 0.251 e. The van der Waals surface area contributed by atoms with Gasteiger partial charge < -0.3 is 16.3 Å². The number of rotatable bonds is 6. The normalized spacial score (nSPS) is 11.4. The molecule has 0 aliphatic rings. The average Bonchev–Trinajstić information content (AvgIpc) is 2.40. The van der Waals surface area contributed by atoms with Crippen LogP contribution in [0.3, 0.4) is 0 Å². The average molecular weight is 284 g/mol. The van der Waals surface area contributed by atoms with Gasteiger partial charge in [0.15, 0.2) is 0 Å². The predicted molar refractivity (Wildman–Crippen MR) is 75.8 cm³/mol. The number of oxime groups is 1. The zero-order chi connectivity index (χ0) is 14.3. The Bertz CT molecular complexity index is 475. The molecule has 4 N–H and O–H groups in total. The molecule has 0 saturated carbocycles. The van der Waals surface area contributed by atoms with Crippen molar-refractivity contribution in [1.82, 2.24) is 5.32 Å². The van der Waals surface area contributed by atoms with E-state index in [-0.39, 0.29) is 11.7 Å². The topological polar surface area (TPSA) is 87.7 Å². The molecule has 0 radical (unpaired) electrons. The number of nitrogens with one attached hydrogen (secondary N) is 1. The van der Waals surface area contributed by atoms with Crippen molar-refractivity contribution in [3.8, 4) is 0 Å². The maximum Gasteiger partial charge on any atom is 0.251 e. The van der Waals surface area contributed by atoms with Crippen molar-refractivity contribution in [2.45, 2.75) is 26.2 Å². The van der Waals surface area contributed by atoms with E-state index in [4.69, 9.17) is 22.5 Å². The van der Waals surface area contributed by atoms with Crippen LogP contribution >= 0.6 is 11.6 Å². The SMILES string of the molecule is Cc1ccc(C(=O)NCCCCC(N)=NO)cc1Cl. The second-order valence-corrected chi connectivity index (χ2v) is 4.68. The minimum atomic E-state index is -0.148. The molecule has 0 aromatic heterocycles. The summed E-state index contributed by atoms with van der Waals surface area (Å²) < 4.78 is 0. The fraction of sp³-hybridized carbons (Fsp3) is 0.385. The van der Waals surface area contributed by atoms with Crippen LogP contribution in [-0.2, 0) is 0 Å². The third kappa shape index (κ3) is 5.18. The molecule has 6 heteroatoms. The molecule has 1 aromatic rings. The van der Waals surface area contributed by atoms with Gasteiger partial charge >= 0.3 is 0 Å². The van der Waals surface area contributed by atoms with Gasteiger partial charge in [0, 0.05) is 23.6 Å². The van der Waals surface area contributed by atoms with E-state index < -0.39 is 0 Å². The largest absolute Gasteiger partial charge is 0.409 e. The van der Waals surface area contributed by atoms with Crippen LogP contribution in [0, 0.1) is 6.92 Å². The zero-order valence-electron chi connectivity index (χ0n) is 10.8. The van der Waals surface area contributed by atoms with E-state index in [9.17, 15) is 4.79 Å². The van der Waals surface area contributed by atoms with Crippen LogP contribution < -0.4 is 11.1 Å². The summed E-state index contributed by atoms with van der Waals surface area (Å²) in [6.45, 7) is 2.43. The molecule has 0 saturated heterocycles. The number of nitrogens with zero attached hydrogens (tertiary/aromatic N) is 1. The van der Waals surface area contributed by atoms with Crippen LogP contribution in [0.15, 0.2) is 23.4 Å². The standard InChI is InChI=1S/C13H18ClN3O2/c1-9-5-6-10(8-11(9)14)13(18)16-7-3-2-4-12(15)17-19/h5-6,8,19H,2-4,7H2,1H3,(H2,15,17)(H,16,18). The van der Waals surface area contributed by atoms with Gasteiger partial charge in [-0.25, -0.2) is 0 Å².